The lowest BCUT2D eigenvalue weighted by atomic mass is 10.1. The Labute approximate surface area is 173 Å². The molecule has 0 spiro atoms. The lowest BCUT2D eigenvalue weighted by Gasteiger charge is -2.05. The predicted molar refractivity (Wildman–Crippen MR) is 102 cm³/mol. The van der Waals surface area contributed by atoms with Crippen molar-refractivity contribution < 1.29 is 31.1 Å². The van der Waals surface area contributed by atoms with Crippen molar-refractivity contribution in [2.24, 2.45) is 0 Å². The Kier molecular flexibility index (Phi) is 4.66. The van der Waals surface area contributed by atoms with Crippen LogP contribution in [0.2, 0.25) is 0 Å². The number of pyridine rings is 2. The second-order valence-corrected chi connectivity index (χ2v) is 8.68. The number of fused-ring (bicyclic) bond motifs is 2. The minimum atomic E-state index is -4.56. The molecule has 0 radical (unpaired) electrons. The summed E-state index contributed by atoms with van der Waals surface area (Å²) < 4.78 is 78.1. The van der Waals surface area contributed by atoms with E-state index in [4.69, 9.17) is 0 Å². The molecule has 0 amide bonds. The summed E-state index contributed by atoms with van der Waals surface area (Å²) in [5.41, 5.74) is -0.418. The average molecular weight is 460 g/mol. The molecule has 4 aromatic rings. The van der Waals surface area contributed by atoms with Crippen LogP contribution < -0.4 is 0 Å². The molecule has 4 rings (SSSR count). The van der Waals surface area contributed by atoms with Gasteiger partial charge in [0.25, 0.3) is 0 Å². The van der Waals surface area contributed by atoms with Crippen LogP contribution in [-0.2, 0) is 12.4 Å². The Balaban J connectivity index is 1.83. The molecule has 0 unspecified atom stereocenters. The zero-order valence-corrected chi connectivity index (χ0v) is 16.8. The highest BCUT2D eigenvalue weighted by molar-refractivity contribution is 7.24. The highest BCUT2D eigenvalue weighted by atomic mass is 32.1. The number of carbonyl (C=O) groups is 1. The molecule has 0 fully saturated rings. The van der Waals surface area contributed by atoms with Gasteiger partial charge in [0, 0.05) is 12.4 Å². The van der Waals surface area contributed by atoms with Gasteiger partial charge in [0.1, 0.15) is 0 Å². The van der Waals surface area contributed by atoms with E-state index in [2.05, 4.69) is 9.97 Å². The first-order chi connectivity index (χ1) is 13.9. The summed E-state index contributed by atoms with van der Waals surface area (Å²) in [4.78, 5) is 21.2. The number of rotatable bonds is 2. The van der Waals surface area contributed by atoms with Gasteiger partial charge < -0.3 is 0 Å². The van der Waals surface area contributed by atoms with Crippen molar-refractivity contribution in [2.75, 3.05) is 0 Å². The summed E-state index contributed by atoms with van der Waals surface area (Å²) in [7, 11) is 0. The maximum Gasteiger partial charge on any atom is 0.417 e. The smallest absolute Gasteiger partial charge is 0.287 e. The van der Waals surface area contributed by atoms with E-state index < -0.39 is 29.3 Å². The topological polar surface area (TPSA) is 42.9 Å². The van der Waals surface area contributed by atoms with Gasteiger partial charge in [-0.15, -0.1) is 22.7 Å². The monoisotopic (exact) mass is 460 g/mol. The third-order valence-electron chi connectivity index (χ3n) is 4.59. The first kappa shape index (κ1) is 20.7. The number of alkyl halides is 6. The molecule has 0 saturated carbocycles. The van der Waals surface area contributed by atoms with E-state index in [-0.39, 0.29) is 30.2 Å². The number of aryl methyl sites for hydroxylation is 2. The van der Waals surface area contributed by atoms with Crippen LogP contribution in [0.1, 0.15) is 36.8 Å². The second-order valence-electron chi connectivity index (χ2n) is 6.58. The minimum Gasteiger partial charge on any atom is -0.287 e. The molecule has 0 bridgehead atoms. The molecule has 0 aliphatic carbocycles. The molecule has 30 heavy (non-hydrogen) atoms. The van der Waals surface area contributed by atoms with E-state index in [1.807, 2.05) is 0 Å². The maximum absolute atomic E-state index is 13.1. The molecule has 11 heteroatoms. The fourth-order valence-corrected chi connectivity index (χ4v) is 5.41. The van der Waals surface area contributed by atoms with Gasteiger partial charge in [0.05, 0.1) is 41.3 Å². The van der Waals surface area contributed by atoms with Crippen molar-refractivity contribution in [1.82, 2.24) is 9.97 Å². The fourth-order valence-electron chi connectivity index (χ4n) is 3.04. The predicted octanol–water partition coefficient (Wildman–Crippen LogP) is 6.79. The van der Waals surface area contributed by atoms with Crippen LogP contribution >= 0.6 is 22.7 Å². The zero-order valence-electron chi connectivity index (χ0n) is 15.2. The van der Waals surface area contributed by atoms with E-state index in [9.17, 15) is 31.1 Å². The first-order valence-electron chi connectivity index (χ1n) is 8.35. The summed E-state index contributed by atoms with van der Waals surface area (Å²) >= 11 is 1.75. The number of aromatic nitrogens is 2. The maximum atomic E-state index is 13.1. The SMILES string of the molecule is Cc1c(C(=O)c2sc3cc(C(F)(F)F)cnc3c2C)sc2cc(C(F)(F)F)cnc12. The minimum absolute atomic E-state index is 0.197. The number of carbonyl (C=O) groups excluding carboxylic acids is 1. The van der Waals surface area contributed by atoms with Crippen LogP contribution in [0.4, 0.5) is 26.3 Å². The van der Waals surface area contributed by atoms with E-state index >= 15 is 0 Å². The number of halogens is 6. The molecule has 0 aliphatic heterocycles. The number of hydrogen-bond donors (Lipinski definition) is 0. The summed E-state index contributed by atoms with van der Waals surface area (Å²) in [6.07, 6.45) is -7.70. The molecule has 0 saturated heterocycles. The standard InChI is InChI=1S/C19H10F6N2OS2/c1-7-13-11(3-9(5-26-13)18(20,21)22)29-16(7)15(28)17-8(2)14-12(30-17)4-10(6-27-14)19(23,24)25/h3-6H,1-2H3. The molecule has 4 aromatic heterocycles. The molecule has 0 aromatic carbocycles. The van der Waals surface area contributed by atoms with Crippen molar-refractivity contribution in [3.05, 3.63) is 56.5 Å². The number of hydrogen-bond acceptors (Lipinski definition) is 5. The van der Waals surface area contributed by atoms with Gasteiger partial charge in [-0.1, -0.05) is 0 Å². The summed E-state index contributed by atoms with van der Waals surface area (Å²) in [5.74, 6) is -0.474. The third kappa shape index (κ3) is 3.35. The van der Waals surface area contributed by atoms with Crippen molar-refractivity contribution in [3.8, 4) is 0 Å². The van der Waals surface area contributed by atoms with Crippen molar-refractivity contribution in [1.29, 1.82) is 0 Å². The van der Waals surface area contributed by atoms with Crippen LogP contribution in [0.5, 0.6) is 0 Å². The second kappa shape index (κ2) is 6.74. The van der Waals surface area contributed by atoms with Crippen LogP contribution in [-0.4, -0.2) is 15.8 Å². The summed E-state index contributed by atoms with van der Waals surface area (Å²) in [6.45, 7) is 3.16. The van der Waals surface area contributed by atoms with E-state index in [1.165, 1.54) is 0 Å². The Morgan fingerprint density at radius 1 is 0.767 bits per heavy atom. The highest BCUT2D eigenvalue weighted by Gasteiger charge is 2.33. The van der Waals surface area contributed by atoms with Gasteiger partial charge in [0.15, 0.2) is 0 Å². The van der Waals surface area contributed by atoms with Crippen molar-refractivity contribution >= 4 is 48.9 Å². The van der Waals surface area contributed by atoms with Gasteiger partial charge in [-0.3, -0.25) is 14.8 Å². The van der Waals surface area contributed by atoms with E-state index in [0.717, 1.165) is 34.8 Å². The molecule has 0 aliphatic rings. The number of nitrogens with zero attached hydrogens (tertiary/aromatic N) is 2. The van der Waals surface area contributed by atoms with Crippen LogP contribution in [0.25, 0.3) is 20.4 Å². The van der Waals surface area contributed by atoms with Gasteiger partial charge >= 0.3 is 12.4 Å². The average Bonchev–Trinajstić information content (AvgIpc) is 3.17. The molecule has 4 heterocycles. The summed E-state index contributed by atoms with van der Waals surface area (Å²) in [6, 6.07) is 1.87. The normalized spacial score (nSPS) is 12.8. The molecule has 0 N–H and O–H groups in total. The number of thiophene rings is 2. The van der Waals surface area contributed by atoms with Crippen molar-refractivity contribution in [3.63, 3.8) is 0 Å². The van der Waals surface area contributed by atoms with E-state index in [0.29, 0.717) is 23.5 Å². The quantitative estimate of drug-likeness (QED) is 0.244. The lowest BCUT2D eigenvalue weighted by Crippen LogP contribution is -2.04. The number of ketones is 1. The summed E-state index contributed by atoms with van der Waals surface area (Å²) in [5, 5.41) is 0. The molecular weight excluding hydrogens is 450 g/mol. The van der Waals surface area contributed by atoms with E-state index in [1.54, 1.807) is 13.8 Å². The van der Waals surface area contributed by atoms with Gasteiger partial charge in [-0.2, -0.15) is 26.3 Å². The Morgan fingerprint density at radius 3 is 1.47 bits per heavy atom. The Morgan fingerprint density at radius 2 is 1.13 bits per heavy atom. The highest BCUT2D eigenvalue weighted by Crippen LogP contribution is 2.39. The van der Waals surface area contributed by atoms with Crippen LogP contribution in [0, 0.1) is 13.8 Å². The molecular formula is C19H10F6N2OS2. The van der Waals surface area contributed by atoms with Crippen LogP contribution in [0.15, 0.2) is 24.5 Å². The Bertz CT molecular complexity index is 1220. The third-order valence-corrected chi connectivity index (χ3v) is 7.04. The largest absolute Gasteiger partial charge is 0.417 e. The Hall–Kier alpha value is -2.53. The molecule has 3 nitrogen and oxygen atoms in total. The van der Waals surface area contributed by atoms with Crippen molar-refractivity contribution in [2.45, 2.75) is 26.2 Å². The van der Waals surface area contributed by atoms with Gasteiger partial charge in [0.2, 0.25) is 5.78 Å². The molecule has 0 atom stereocenters. The fraction of sp³-hybridized carbons (Fsp3) is 0.211. The first-order valence-corrected chi connectivity index (χ1v) is 9.98. The van der Waals surface area contributed by atoms with Crippen LogP contribution in [0.3, 0.4) is 0 Å². The van der Waals surface area contributed by atoms with Gasteiger partial charge in [-0.25, -0.2) is 0 Å². The lowest BCUT2D eigenvalue weighted by molar-refractivity contribution is -0.138. The van der Waals surface area contributed by atoms with Gasteiger partial charge in [-0.05, 0) is 37.1 Å². The zero-order chi connectivity index (χ0) is 22.0. The molecule has 156 valence electrons.